The van der Waals surface area contributed by atoms with E-state index < -0.39 is 0 Å². The Morgan fingerprint density at radius 1 is 1.33 bits per heavy atom. The maximum Gasteiger partial charge on any atom is -0.0219 e. The molecule has 0 heterocycles. The monoisotopic (exact) mass is 162 g/mol. The lowest BCUT2D eigenvalue weighted by molar-refractivity contribution is 0.866. The lowest BCUT2D eigenvalue weighted by Gasteiger charge is -2.04. The number of hydrogen-bond acceptors (Lipinski definition) is 0. The lowest BCUT2D eigenvalue weighted by atomic mass is 10.0. The summed E-state index contributed by atoms with van der Waals surface area (Å²) >= 11 is 0. The van der Waals surface area contributed by atoms with Gasteiger partial charge < -0.3 is 0 Å². The van der Waals surface area contributed by atoms with Crippen molar-refractivity contribution in [2.75, 3.05) is 0 Å². The van der Waals surface area contributed by atoms with Crippen LogP contribution in [0.2, 0.25) is 0 Å². The van der Waals surface area contributed by atoms with Gasteiger partial charge in [-0.25, -0.2) is 0 Å². The Bertz CT molecular complexity index is 246. The number of hydrogen-bond donors (Lipinski definition) is 0. The van der Waals surface area contributed by atoms with Gasteiger partial charge in [0.15, 0.2) is 0 Å². The van der Waals surface area contributed by atoms with Gasteiger partial charge in [-0.15, -0.1) is 0 Å². The molecule has 0 atom stereocenters. The van der Waals surface area contributed by atoms with Crippen LogP contribution in [0.5, 0.6) is 0 Å². The molecule has 0 radical (unpaired) electrons. The Morgan fingerprint density at radius 2 is 2.00 bits per heavy atom. The van der Waals surface area contributed by atoms with Crippen molar-refractivity contribution in [3.63, 3.8) is 0 Å². The zero-order chi connectivity index (χ0) is 8.27. The minimum absolute atomic E-state index is 0. The standard InChI is InChI=1S/C11H14.CH4/c1-4-10-6-5-7-11(8-10)9(2)3;/h4-9H,1H2,2-3H3;1H4. The molecule has 0 aliphatic carbocycles. The summed E-state index contributed by atoms with van der Waals surface area (Å²) in [5.74, 6) is 0.606. The van der Waals surface area contributed by atoms with E-state index >= 15 is 0 Å². The molecule has 0 bridgehead atoms. The van der Waals surface area contributed by atoms with Crippen molar-refractivity contribution in [2.24, 2.45) is 0 Å². The van der Waals surface area contributed by atoms with Gasteiger partial charge in [0.1, 0.15) is 0 Å². The summed E-state index contributed by atoms with van der Waals surface area (Å²) in [4.78, 5) is 0. The third-order valence-electron chi connectivity index (χ3n) is 1.81. The Kier molecular flexibility index (Phi) is 4.35. The van der Waals surface area contributed by atoms with Crippen LogP contribution < -0.4 is 0 Å². The number of benzene rings is 1. The third kappa shape index (κ3) is 2.54. The van der Waals surface area contributed by atoms with Crippen LogP contribution in [-0.4, -0.2) is 0 Å². The summed E-state index contributed by atoms with van der Waals surface area (Å²) < 4.78 is 0. The summed E-state index contributed by atoms with van der Waals surface area (Å²) in [7, 11) is 0. The topological polar surface area (TPSA) is 0 Å². The molecule has 66 valence electrons. The van der Waals surface area contributed by atoms with Crippen molar-refractivity contribution >= 4 is 6.08 Å². The molecule has 1 aromatic rings. The summed E-state index contributed by atoms with van der Waals surface area (Å²) in [6, 6.07) is 8.47. The molecule has 0 saturated carbocycles. The molecular formula is C12H18. The van der Waals surface area contributed by atoms with Gasteiger partial charge in [-0.2, -0.15) is 0 Å². The minimum atomic E-state index is 0. The van der Waals surface area contributed by atoms with E-state index in [-0.39, 0.29) is 7.43 Å². The van der Waals surface area contributed by atoms with Gasteiger partial charge in [0.05, 0.1) is 0 Å². The van der Waals surface area contributed by atoms with E-state index in [1.165, 1.54) is 11.1 Å². The van der Waals surface area contributed by atoms with Crippen LogP contribution in [0, 0.1) is 0 Å². The smallest absolute Gasteiger partial charge is 0.0219 e. The van der Waals surface area contributed by atoms with Gasteiger partial charge in [-0.3, -0.25) is 0 Å². The average molecular weight is 162 g/mol. The molecule has 0 saturated heterocycles. The first-order valence-corrected chi connectivity index (χ1v) is 3.96. The van der Waals surface area contributed by atoms with Crippen LogP contribution in [0.25, 0.3) is 6.08 Å². The molecule has 0 amide bonds. The fraction of sp³-hybridized carbons (Fsp3) is 0.333. The molecule has 0 nitrogen and oxygen atoms in total. The van der Waals surface area contributed by atoms with Crippen molar-refractivity contribution in [2.45, 2.75) is 27.2 Å². The Hall–Kier alpha value is -1.04. The molecule has 1 aromatic carbocycles. The minimum Gasteiger partial charge on any atom is -0.0985 e. The Morgan fingerprint density at radius 3 is 2.50 bits per heavy atom. The molecule has 0 spiro atoms. The summed E-state index contributed by atoms with van der Waals surface area (Å²) in [5.41, 5.74) is 2.58. The van der Waals surface area contributed by atoms with Crippen molar-refractivity contribution < 1.29 is 0 Å². The van der Waals surface area contributed by atoms with Gasteiger partial charge in [0.2, 0.25) is 0 Å². The van der Waals surface area contributed by atoms with Crippen LogP contribution in [0.15, 0.2) is 30.8 Å². The van der Waals surface area contributed by atoms with Crippen LogP contribution in [0.3, 0.4) is 0 Å². The fourth-order valence-electron chi connectivity index (χ4n) is 1.05. The highest BCUT2D eigenvalue weighted by molar-refractivity contribution is 5.48. The summed E-state index contributed by atoms with van der Waals surface area (Å²) in [6.07, 6.45) is 1.88. The normalized spacial score (nSPS) is 9.25. The second-order valence-corrected chi connectivity index (χ2v) is 3.03. The zero-order valence-corrected chi connectivity index (χ0v) is 7.17. The SMILES string of the molecule is C.C=Cc1cccc(C(C)C)c1. The van der Waals surface area contributed by atoms with Crippen LogP contribution >= 0.6 is 0 Å². The Balaban J connectivity index is 0.00000121. The van der Waals surface area contributed by atoms with E-state index in [1.54, 1.807) is 0 Å². The largest absolute Gasteiger partial charge is 0.0985 e. The number of rotatable bonds is 2. The first kappa shape index (κ1) is 11.0. The van der Waals surface area contributed by atoms with E-state index in [1.807, 2.05) is 6.08 Å². The van der Waals surface area contributed by atoms with Gasteiger partial charge in [-0.1, -0.05) is 58.2 Å². The fourth-order valence-corrected chi connectivity index (χ4v) is 1.05. The third-order valence-corrected chi connectivity index (χ3v) is 1.81. The first-order chi connectivity index (χ1) is 5.24. The molecule has 0 unspecified atom stereocenters. The highest BCUT2D eigenvalue weighted by atomic mass is 14.0. The van der Waals surface area contributed by atoms with Gasteiger partial charge >= 0.3 is 0 Å². The Labute approximate surface area is 75.9 Å². The highest BCUT2D eigenvalue weighted by Crippen LogP contribution is 2.15. The maximum atomic E-state index is 3.73. The molecule has 12 heavy (non-hydrogen) atoms. The predicted octanol–water partition coefficient (Wildman–Crippen LogP) is 4.09. The van der Waals surface area contributed by atoms with Gasteiger partial charge in [0.25, 0.3) is 0 Å². The predicted molar refractivity (Wildman–Crippen MR) is 57.4 cm³/mol. The molecule has 0 aliphatic heterocycles. The highest BCUT2D eigenvalue weighted by Gasteiger charge is 1.96. The van der Waals surface area contributed by atoms with Crippen molar-refractivity contribution in [3.8, 4) is 0 Å². The van der Waals surface area contributed by atoms with Crippen molar-refractivity contribution in [1.29, 1.82) is 0 Å². The van der Waals surface area contributed by atoms with Gasteiger partial charge in [-0.05, 0) is 17.0 Å². The van der Waals surface area contributed by atoms with E-state index in [9.17, 15) is 0 Å². The average Bonchev–Trinajstić information content (AvgIpc) is 2.05. The van der Waals surface area contributed by atoms with Crippen LogP contribution in [-0.2, 0) is 0 Å². The van der Waals surface area contributed by atoms with Crippen molar-refractivity contribution in [1.82, 2.24) is 0 Å². The molecule has 0 N–H and O–H groups in total. The molecule has 0 fully saturated rings. The van der Waals surface area contributed by atoms with E-state index in [2.05, 4.69) is 44.7 Å². The van der Waals surface area contributed by atoms with E-state index in [4.69, 9.17) is 0 Å². The van der Waals surface area contributed by atoms with Crippen LogP contribution in [0.1, 0.15) is 38.3 Å². The molecular weight excluding hydrogens is 144 g/mol. The second kappa shape index (κ2) is 4.76. The molecule has 0 heteroatoms. The maximum absolute atomic E-state index is 3.73. The second-order valence-electron chi connectivity index (χ2n) is 3.03. The van der Waals surface area contributed by atoms with Crippen molar-refractivity contribution in [3.05, 3.63) is 42.0 Å². The quantitative estimate of drug-likeness (QED) is 0.614. The molecule has 1 rings (SSSR count). The molecule has 0 aromatic heterocycles. The summed E-state index contributed by atoms with van der Waals surface area (Å²) in [5, 5.41) is 0. The summed E-state index contributed by atoms with van der Waals surface area (Å²) in [6.45, 7) is 8.12. The zero-order valence-electron chi connectivity index (χ0n) is 7.17. The van der Waals surface area contributed by atoms with E-state index in [0.29, 0.717) is 5.92 Å². The van der Waals surface area contributed by atoms with Crippen LogP contribution in [0.4, 0.5) is 0 Å². The van der Waals surface area contributed by atoms with E-state index in [0.717, 1.165) is 0 Å². The molecule has 0 aliphatic rings. The van der Waals surface area contributed by atoms with Gasteiger partial charge in [0, 0.05) is 0 Å². The lowest BCUT2D eigenvalue weighted by Crippen LogP contribution is -1.86. The first-order valence-electron chi connectivity index (χ1n) is 3.96.